The molecule has 0 aromatic carbocycles. The summed E-state index contributed by atoms with van der Waals surface area (Å²) in [6, 6.07) is 0. The first-order valence-corrected chi connectivity index (χ1v) is 6.96. The van der Waals surface area contributed by atoms with Crippen LogP contribution < -0.4 is 11.1 Å². The van der Waals surface area contributed by atoms with Crippen LogP contribution in [-0.2, 0) is 4.79 Å². The Morgan fingerprint density at radius 2 is 2.05 bits per heavy atom. The van der Waals surface area contributed by atoms with Crippen LogP contribution in [-0.4, -0.2) is 46.5 Å². The first-order chi connectivity index (χ1) is 9.59. The van der Waals surface area contributed by atoms with E-state index in [0.717, 1.165) is 25.9 Å². The predicted molar refractivity (Wildman–Crippen MR) is 75.1 cm³/mol. The Morgan fingerprint density at radius 1 is 1.35 bits per heavy atom. The Morgan fingerprint density at radius 3 is 2.65 bits per heavy atom. The van der Waals surface area contributed by atoms with Crippen molar-refractivity contribution in [2.24, 2.45) is 0 Å². The predicted octanol–water partition coefficient (Wildman–Crippen LogP) is 0.433. The maximum Gasteiger partial charge on any atom is 0.273 e. The van der Waals surface area contributed by atoms with Gasteiger partial charge in [-0.2, -0.15) is 5.10 Å². The number of carbonyl (C=O) groups is 2. The van der Waals surface area contributed by atoms with Gasteiger partial charge in [0.2, 0.25) is 5.91 Å². The molecule has 0 unspecified atom stereocenters. The summed E-state index contributed by atoms with van der Waals surface area (Å²) >= 11 is 0. The zero-order valence-corrected chi connectivity index (χ0v) is 11.7. The van der Waals surface area contributed by atoms with Gasteiger partial charge in [-0.1, -0.05) is 0 Å². The summed E-state index contributed by atoms with van der Waals surface area (Å²) in [5.41, 5.74) is 6.93. The lowest BCUT2D eigenvalue weighted by Gasteiger charge is -2.26. The van der Waals surface area contributed by atoms with E-state index in [4.69, 9.17) is 5.73 Å². The van der Waals surface area contributed by atoms with Crippen molar-refractivity contribution in [1.29, 1.82) is 0 Å². The first-order valence-electron chi connectivity index (χ1n) is 6.96. The Labute approximate surface area is 117 Å². The molecule has 0 bridgehead atoms. The van der Waals surface area contributed by atoms with Crippen molar-refractivity contribution in [1.82, 2.24) is 20.4 Å². The minimum atomic E-state index is -0.349. The van der Waals surface area contributed by atoms with Gasteiger partial charge in [0.15, 0.2) is 5.69 Å². The third-order valence-corrected chi connectivity index (χ3v) is 3.54. The molecular weight excluding hydrogens is 258 g/mol. The van der Waals surface area contributed by atoms with Gasteiger partial charge in [-0.3, -0.25) is 14.7 Å². The number of likely N-dealkylation sites (tertiary alicyclic amines) is 1. The number of carbonyl (C=O) groups excluding carboxylic acids is 2. The first kappa shape index (κ1) is 14.4. The molecule has 2 heterocycles. The number of H-pyrrole nitrogens is 1. The lowest BCUT2D eigenvalue weighted by molar-refractivity contribution is -0.131. The minimum Gasteiger partial charge on any atom is -0.395 e. The standard InChI is InChI=1S/C13H21N5O2/c1-9-11(14)12(17-16-9)13(20)15-6-5-10(19)18-7-3-2-4-8-18/h2-8,14H2,1H3,(H,15,20)(H,16,17). The Bertz CT molecular complexity index is 491. The number of nitrogens with one attached hydrogen (secondary N) is 2. The number of amides is 2. The van der Waals surface area contributed by atoms with Gasteiger partial charge in [-0.15, -0.1) is 0 Å². The number of nitrogen functional groups attached to an aromatic ring is 1. The number of piperidine rings is 1. The van der Waals surface area contributed by atoms with Crippen LogP contribution >= 0.6 is 0 Å². The quantitative estimate of drug-likeness (QED) is 0.743. The van der Waals surface area contributed by atoms with Crippen molar-refractivity contribution in [2.45, 2.75) is 32.6 Å². The molecule has 4 N–H and O–H groups in total. The second-order valence-corrected chi connectivity index (χ2v) is 5.06. The van der Waals surface area contributed by atoms with Crippen molar-refractivity contribution in [3.05, 3.63) is 11.4 Å². The molecule has 1 aromatic rings. The Hall–Kier alpha value is -2.05. The average molecular weight is 279 g/mol. The van der Waals surface area contributed by atoms with Crippen molar-refractivity contribution >= 4 is 17.5 Å². The molecule has 1 saturated heterocycles. The number of nitrogens with zero attached hydrogens (tertiary/aromatic N) is 2. The van der Waals surface area contributed by atoms with Gasteiger partial charge >= 0.3 is 0 Å². The smallest absolute Gasteiger partial charge is 0.273 e. The SMILES string of the molecule is Cc1[nH]nc(C(=O)NCCC(=O)N2CCCCC2)c1N. The molecule has 2 rings (SSSR count). The summed E-state index contributed by atoms with van der Waals surface area (Å²) in [6.45, 7) is 3.72. The second kappa shape index (κ2) is 6.40. The highest BCUT2D eigenvalue weighted by Gasteiger charge is 2.18. The van der Waals surface area contributed by atoms with E-state index in [1.807, 2.05) is 4.90 Å². The average Bonchev–Trinajstić information content (AvgIpc) is 2.80. The highest BCUT2D eigenvalue weighted by molar-refractivity contribution is 5.97. The van der Waals surface area contributed by atoms with Crippen LogP contribution in [0.5, 0.6) is 0 Å². The summed E-state index contributed by atoms with van der Waals surface area (Å²) in [4.78, 5) is 25.6. The van der Waals surface area contributed by atoms with Crippen molar-refractivity contribution in [3.8, 4) is 0 Å². The van der Waals surface area contributed by atoms with Crippen LogP contribution in [0.1, 0.15) is 41.9 Å². The summed E-state index contributed by atoms with van der Waals surface area (Å²) in [7, 11) is 0. The molecule has 0 radical (unpaired) electrons. The summed E-state index contributed by atoms with van der Waals surface area (Å²) in [5, 5.41) is 9.18. The van der Waals surface area contributed by atoms with E-state index < -0.39 is 0 Å². The number of anilines is 1. The molecule has 2 amide bonds. The van der Waals surface area contributed by atoms with E-state index in [1.54, 1.807) is 6.92 Å². The summed E-state index contributed by atoms with van der Waals surface area (Å²) < 4.78 is 0. The number of aromatic nitrogens is 2. The van der Waals surface area contributed by atoms with Gasteiger partial charge in [0.25, 0.3) is 5.91 Å². The fraction of sp³-hybridized carbons (Fsp3) is 0.615. The molecular formula is C13H21N5O2. The van der Waals surface area contributed by atoms with Crippen molar-refractivity contribution in [2.75, 3.05) is 25.4 Å². The van der Waals surface area contributed by atoms with Gasteiger partial charge in [-0.25, -0.2) is 0 Å². The monoisotopic (exact) mass is 279 g/mol. The third-order valence-electron chi connectivity index (χ3n) is 3.54. The fourth-order valence-corrected chi connectivity index (χ4v) is 2.28. The van der Waals surface area contributed by atoms with Gasteiger partial charge in [0, 0.05) is 26.1 Å². The van der Waals surface area contributed by atoms with Crippen LogP contribution in [0, 0.1) is 6.92 Å². The van der Waals surface area contributed by atoms with Crippen LogP contribution in [0.15, 0.2) is 0 Å². The van der Waals surface area contributed by atoms with Gasteiger partial charge in [-0.05, 0) is 26.2 Å². The number of rotatable bonds is 4. The number of nitrogens with two attached hydrogens (primary N) is 1. The van der Waals surface area contributed by atoms with Crippen LogP contribution in [0.25, 0.3) is 0 Å². The third kappa shape index (κ3) is 3.28. The zero-order chi connectivity index (χ0) is 14.5. The molecule has 1 aromatic heterocycles. The van der Waals surface area contributed by atoms with Crippen LogP contribution in [0.4, 0.5) is 5.69 Å². The zero-order valence-electron chi connectivity index (χ0n) is 11.7. The van der Waals surface area contributed by atoms with E-state index in [1.165, 1.54) is 6.42 Å². The van der Waals surface area contributed by atoms with Gasteiger partial charge < -0.3 is 16.0 Å². The van der Waals surface area contributed by atoms with E-state index in [0.29, 0.717) is 24.3 Å². The van der Waals surface area contributed by atoms with Crippen LogP contribution in [0.2, 0.25) is 0 Å². The molecule has 0 atom stereocenters. The lowest BCUT2D eigenvalue weighted by Crippen LogP contribution is -2.37. The number of hydrogen-bond donors (Lipinski definition) is 3. The number of aromatic amines is 1. The molecule has 1 fully saturated rings. The Kier molecular flexibility index (Phi) is 4.60. The topological polar surface area (TPSA) is 104 Å². The van der Waals surface area contributed by atoms with Crippen molar-refractivity contribution in [3.63, 3.8) is 0 Å². The van der Waals surface area contributed by atoms with E-state index in [-0.39, 0.29) is 17.5 Å². The molecule has 110 valence electrons. The summed E-state index contributed by atoms with van der Waals surface area (Å²) in [5.74, 6) is -0.255. The molecule has 20 heavy (non-hydrogen) atoms. The summed E-state index contributed by atoms with van der Waals surface area (Å²) in [6.07, 6.45) is 3.65. The number of hydrogen-bond acceptors (Lipinski definition) is 4. The lowest BCUT2D eigenvalue weighted by atomic mass is 10.1. The minimum absolute atomic E-state index is 0.0937. The maximum absolute atomic E-state index is 11.9. The molecule has 7 heteroatoms. The van der Waals surface area contributed by atoms with E-state index >= 15 is 0 Å². The molecule has 0 spiro atoms. The maximum atomic E-state index is 11.9. The molecule has 0 saturated carbocycles. The largest absolute Gasteiger partial charge is 0.395 e. The Balaban J connectivity index is 1.76. The van der Waals surface area contributed by atoms with Gasteiger partial charge in [0.05, 0.1) is 11.4 Å². The van der Waals surface area contributed by atoms with Gasteiger partial charge in [0.1, 0.15) is 0 Å². The van der Waals surface area contributed by atoms with Crippen molar-refractivity contribution < 1.29 is 9.59 Å². The second-order valence-electron chi connectivity index (χ2n) is 5.06. The molecule has 1 aliphatic heterocycles. The molecule has 0 aliphatic carbocycles. The fourth-order valence-electron chi connectivity index (χ4n) is 2.28. The number of aryl methyl sites for hydroxylation is 1. The van der Waals surface area contributed by atoms with E-state index in [2.05, 4.69) is 15.5 Å². The molecule has 7 nitrogen and oxygen atoms in total. The molecule has 1 aliphatic rings. The van der Waals surface area contributed by atoms with Crippen LogP contribution in [0.3, 0.4) is 0 Å². The van der Waals surface area contributed by atoms with E-state index in [9.17, 15) is 9.59 Å². The highest BCUT2D eigenvalue weighted by Crippen LogP contribution is 2.12. The normalized spacial score (nSPS) is 15.2. The highest BCUT2D eigenvalue weighted by atomic mass is 16.2.